The van der Waals surface area contributed by atoms with Crippen LogP contribution >= 0.6 is 0 Å². The van der Waals surface area contributed by atoms with Gasteiger partial charge < -0.3 is 15.0 Å². The van der Waals surface area contributed by atoms with Crippen LogP contribution in [0.4, 0.5) is 0 Å². The van der Waals surface area contributed by atoms with Crippen LogP contribution < -0.4 is 5.32 Å². The van der Waals surface area contributed by atoms with Crippen molar-refractivity contribution < 1.29 is 14.3 Å². The molecule has 2 heterocycles. The van der Waals surface area contributed by atoms with Gasteiger partial charge >= 0.3 is 0 Å². The van der Waals surface area contributed by atoms with E-state index in [0.29, 0.717) is 32.8 Å². The largest absolute Gasteiger partial charge is 0.378 e. The van der Waals surface area contributed by atoms with Gasteiger partial charge in [-0.25, -0.2) is 0 Å². The molecule has 1 aromatic rings. The van der Waals surface area contributed by atoms with Gasteiger partial charge in [-0.1, -0.05) is 0 Å². The summed E-state index contributed by atoms with van der Waals surface area (Å²) in [6.45, 7) is 3.21. The van der Waals surface area contributed by atoms with E-state index < -0.39 is 0 Å². The number of hydrogen-bond donors (Lipinski definition) is 1. The van der Waals surface area contributed by atoms with Crippen LogP contribution in [-0.2, 0) is 20.9 Å². The molecule has 1 aromatic heterocycles. The highest BCUT2D eigenvalue weighted by Gasteiger charge is 2.32. The van der Waals surface area contributed by atoms with E-state index in [9.17, 15) is 9.59 Å². The van der Waals surface area contributed by atoms with Gasteiger partial charge in [0.2, 0.25) is 11.8 Å². The minimum absolute atomic E-state index is 0.0283. The van der Waals surface area contributed by atoms with E-state index in [1.807, 2.05) is 17.0 Å². The summed E-state index contributed by atoms with van der Waals surface area (Å²) in [7, 11) is 0. The van der Waals surface area contributed by atoms with E-state index in [-0.39, 0.29) is 23.7 Å². The molecule has 0 radical (unpaired) electrons. The lowest BCUT2D eigenvalue weighted by Crippen LogP contribution is -2.45. The van der Waals surface area contributed by atoms with Crippen LogP contribution in [0.3, 0.4) is 0 Å². The van der Waals surface area contributed by atoms with Crippen molar-refractivity contribution in [2.24, 2.45) is 11.8 Å². The Bertz CT molecular complexity index is 550. The quantitative estimate of drug-likeness (QED) is 0.904. The highest BCUT2D eigenvalue weighted by atomic mass is 16.5. The summed E-state index contributed by atoms with van der Waals surface area (Å²) in [5.41, 5.74) is 1.05. The van der Waals surface area contributed by atoms with Crippen LogP contribution in [0.1, 0.15) is 31.2 Å². The van der Waals surface area contributed by atoms with Crippen molar-refractivity contribution in [3.63, 3.8) is 0 Å². The Labute approximate surface area is 142 Å². The van der Waals surface area contributed by atoms with Crippen molar-refractivity contribution in [1.82, 2.24) is 15.2 Å². The Kier molecular flexibility index (Phi) is 5.80. The first kappa shape index (κ1) is 16.9. The van der Waals surface area contributed by atoms with Crippen LogP contribution in [0.2, 0.25) is 0 Å². The number of rotatable bonds is 4. The van der Waals surface area contributed by atoms with Crippen LogP contribution in [0.15, 0.2) is 24.5 Å². The molecule has 6 nitrogen and oxygen atoms in total. The van der Waals surface area contributed by atoms with Gasteiger partial charge in [0, 0.05) is 43.9 Å². The first-order valence-corrected chi connectivity index (χ1v) is 8.77. The molecule has 0 spiro atoms. The van der Waals surface area contributed by atoms with Gasteiger partial charge in [0.15, 0.2) is 0 Å². The predicted octanol–water partition coefficient (Wildman–Crippen LogP) is 1.36. The zero-order valence-electron chi connectivity index (χ0n) is 13.9. The van der Waals surface area contributed by atoms with Gasteiger partial charge in [0.05, 0.1) is 13.2 Å². The first-order valence-electron chi connectivity index (χ1n) is 8.77. The zero-order chi connectivity index (χ0) is 16.8. The Morgan fingerprint density at radius 3 is 2.38 bits per heavy atom. The summed E-state index contributed by atoms with van der Waals surface area (Å²) in [5.74, 6) is 0.450. The minimum atomic E-state index is 0.0283. The molecule has 3 rings (SSSR count). The number of carbonyl (C=O) groups excluding carboxylic acids is 2. The standard InChI is InChI=1S/C18H25N3O3/c22-17(20-13-14-5-7-19-8-6-14)15-1-3-16(4-2-15)18(23)21-9-11-24-12-10-21/h5-8,15-16H,1-4,9-13H2,(H,20,22). The third kappa shape index (κ3) is 4.32. The zero-order valence-corrected chi connectivity index (χ0v) is 13.9. The van der Waals surface area contributed by atoms with Crippen LogP contribution in [0.25, 0.3) is 0 Å². The second-order valence-electron chi connectivity index (χ2n) is 6.56. The van der Waals surface area contributed by atoms with Crippen LogP contribution in [0, 0.1) is 11.8 Å². The maximum atomic E-state index is 12.5. The Morgan fingerprint density at radius 1 is 1.08 bits per heavy atom. The second kappa shape index (κ2) is 8.24. The summed E-state index contributed by atoms with van der Waals surface area (Å²) in [6, 6.07) is 3.80. The summed E-state index contributed by atoms with van der Waals surface area (Å²) >= 11 is 0. The monoisotopic (exact) mass is 331 g/mol. The molecule has 2 amide bonds. The van der Waals surface area contributed by atoms with Gasteiger partial charge in [-0.2, -0.15) is 0 Å². The number of carbonyl (C=O) groups is 2. The SMILES string of the molecule is O=C(NCc1ccncc1)C1CCC(C(=O)N2CCOCC2)CC1. The molecule has 0 aromatic carbocycles. The van der Waals surface area contributed by atoms with E-state index in [0.717, 1.165) is 31.2 Å². The van der Waals surface area contributed by atoms with Crippen LogP contribution in [-0.4, -0.2) is 48.0 Å². The molecule has 0 bridgehead atoms. The Hall–Kier alpha value is -1.95. The number of aromatic nitrogens is 1. The number of ether oxygens (including phenoxy) is 1. The second-order valence-corrected chi connectivity index (χ2v) is 6.56. The Balaban J connectivity index is 1.42. The first-order chi connectivity index (χ1) is 11.7. The number of hydrogen-bond acceptors (Lipinski definition) is 4. The molecule has 1 aliphatic heterocycles. The number of nitrogens with one attached hydrogen (secondary N) is 1. The molecule has 1 saturated heterocycles. The maximum Gasteiger partial charge on any atom is 0.225 e. The van der Waals surface area contributed by atoms with E-state index in [1.54, 1.807) is 12.4 Å². The van der Waals surface area contributed by atoms with Gasteiger partial charge in [0.1, 0.15) is 0 Å². The topological polar surface area (TPSA) is 71.5 Å². The predicted molar refractivity (Wildman–Crippen MR) is 88.9 cm³/mol. The molecule has 0 atom stereocenters. The average molecular weight is 331 g/mol. The third-order valence-corrected chi connectivity index (χ3v) is 4.99. The van der Waals surface area contributed by atoms with Crippen molar-refractivity contribution in [3.8, 4) is 0 Å². The van der Waals surface area contributed by atoms with E-state index in [4.69, 9.17) is 4.74 Å². The van der Waals surface area contributed by atoms with Crippen molar-refractivity contribution in [2.45, 2.75) is 32.2 Å². The smallest absolute Gasteiger partial charge is 0.225 e. The minimum Gasteiger partial charge on any atom is -0.378 e. The lowest BCUT2D eigenvalue weighted by Gasteiger charge is -2.33. The highest BCUT2D eigenvalue weighted by molar-refractivity contribution is 5.81. The molecule has 1 N–H and O–H groups in total. The number of morpholine rings is 1. The fourth-order valence-electron chi connectivity index (χ4n) is 3.48. The van der Waals surface area contributed by atoms with E-state index >= 15 is 0 Å². The molecule has 1 saturated carbocycles. The summed E-state index contributed by atoms with van der Waals surface area (Å²) in [6.07, 6.45) is 6.66. The van der Waals surface area contributed by atoms with E-state index in [1.165, 1.54) is 0 Å². The van der Waals surface area contributed by atoms with Gasteiger partial charge in [-0.15, -0.1) is 0 Å². The molecular formula is C18H25N3O3. The lowest BCUT2D eigenvalue weighted by molar-refractivity contribution is -0.142. The molecule has 6 heteroatoms. The van der Waals surface area contributed by atoms with Crippen molar-refractivity contribution in [2.75, 3.05) is 26.3 Å². The van der Waals surface area contributed by atoms with Gasteiger partial charge in [0.25, 0.3) is 0 Å². The van der Waals surface area contributed by atoms with Gasteiger partial charge in [-0.3, -0.25) is 14.6 Å². The number of nitrogens with zero attached hydrogens (tertiary/aromatic N) is 2. The third-order valence-electron chi connectivity index (χ3n) is 4.99. The molecule has 0 unspecified atom stereocenters. The van der Waals surface area contributed by atoms with Crippen molar-refractivity contribution >= 4 is 11.8 Å². The fraction of sp³-hybridized carbons (Fsp3) is 0.611. The molecule has 130 valence electrons. The fourth-order valence-corrected chi connectivity index (χ4v) is 3.48. The summed E-state index contributed by atoms with van der Waals surface area (Å²) < 4.78 is 5.30. The number of pyridine rings is 1. The number of amides is 2. The van der Waals surface area contributed by atoms with Gasteiger partial charge in [-0.05, 0) is 43.4 Å². The van der Waals surface area contributed by atoms with Crippen molar-refractivity contribution in [1.29, 1.82) is 0 Å². The van der Waals surface area contributed by atoms with Crippen molar-refractivity contribution in [3.05, 3.63) is 30.1 Å². The Morgan fingerprint density at radius 2 is 1.71 bits per heavy atom. The molecule has 24 heavy (non-hydrogen) atoms. The molecule has 2 fully saturated rings. The summed E-state index contributed by atoms with van der Waals surface area (Å²) in [5, 5.41) is 3.00. The normalized spacial score (nSPS) is 24.4. The highest BCUT2D eigenvalue weighted by Crippen LogP contribution is 2.30. The average Bonchev–Trinajstić information content (AvgIpc) is 2.67. The molecular weight excluding hydrogens is 306 g/mol. The molecule has 2 aliphatic rings. The van der Waals surface area contributed by atoms with E-state index in [2.05, 4.69) is 10.3 Å². The lowest BCUT2D eigenvalue weighted by atomic mass is 9.81. The van der Waals surface area contributed by atoms with Crippen LogP contribution in [0.5, 0.6) is 0 Å². The summed E-state index contributed by atoms with van der Waals surface area (Å²) in [4.78, 5) is 30.7. The molecule has 1 aliphatic carbocycles. The maximum absolute atomic E-state index is 12.5.